The molecule has 0 saturated heterocycles. The van der Waals surface area contributed by atoms with Crippen LogP contribution in [-0.4, -0.2) is 9.13 Å². The van der Waals surface area contributed by atoms with Crippen LogP contribution in [-0.2, 0) is 0 Å². The Balaban J connectivity index is 1.18. The summed E-state index contributed by atoms with van der Waals surface area (Å²) >= 11 is 0. The summed E-state index contributed by atoms with van der Waals surface area (Å²) in [5, 5.41) is 7.14. The van der Waals surface area contributed by atoms with Gasteiger partial charge in [0.25, 0.3) is 0 Å². The lowest BCUT2D eigenvalue weighted by Gasteiger charge is -2.10. The first-order chi connectivity index (χ1) is 22.3. The minimum absolute atomic E-state index is 0.899. The topological polar surface area (TPSA) is 23.0 Å². The number of hydrogen-bond acceptors (Lipinski definition) is 1. The van der Waals surface area contributed by atoms with Gasteiger partial charge in [0, 0.05) is 38.3 Å². The first-order valence-corrected chi connectivity index (χ1v) is 15.4. The summed E-state index contributed by atoms with van der Waals surface area (Å²) in [5.41, 5.74) is 11.2. The molecule has 0 fully saturated rings. The highest BCUT2D eigenvalue weighted by molar-refractivity contribution is 6.24. The molecule has 0 aliphatic rings. The smallest absolute Gasteiger partial charge is 0.145 e. The molecule has 3 aromatic heterocycles. The molecule has 7 aromatic carbocycles. The second-order valence-corrected chi connectivity index (χ2v) is 11.8. The van der Waals surface area contributed by atoms with E-state index in [2.05, 4.69) is 167 Å². The summed E-state index contributed by atoms with van der Waals surface area (Å²) in [6.07, 6.45) is 0. The lowest BCUT2D eigenvalue weighted by molar-refractivity contribution is 0.673. The maximum absolute atomic E-state index is 6.68. The fourth-order valence-electron chi connectivity index (χ4n) is 7.35. The molecule has 10 aromatic rings. The molecule has 0 N–H and O–H groups in total. The highest BCUT2D eigenvalue weighted by atomic mass is 16.3. The third-order valence-electron chi connectivity index (χ3n) is 9.30. The van der Waals surface area contributed by atoms with Gasteiger partial charge in [0.2, 0.25) is 0 Å². The molecule has 10 rings (SSSR count). The van der Waals surface area contributed by atoms with E-state index in [1.54, 1.807) is 0 Å². The van der Waals surface area contributed by atoms with Gasteiger partial charge >= 0.3 is 0 Å². The van der Waals surface area contributed by atoms with Gasteiger partial charge in [-0.2, -0.15) is 0 Å². The Hall–Kier alpha value is -6.06. The number of benzene rings is 7. The molecule has 210 valence electrons. The molecule has 0 aliphatic carbocycles. The van der Waals surface area contributed by atoms with E-state index in [9.17, 15) is 0 Å². The molecular weight excluding hydrogens is 548 g/mol. The number of hydrogen-bond donors (Lipinski definition) is 0. The Morgan fingerprint density at radius 2 is 0.956 bits per heavy atom. The second kappa shape index (κ2) is 9.22. The van der Waals surface area contributed by atoms with Crippen LogP contribution < -0.4 is 0 Å². The molecule has 3 nitrogen and oxygen atoms in total. The largest absolute Gasteiger partial charge is 0.455 e. The van der Waals surface area contributed by atoms with Crippen LogP contribution in [0.25, 0.3) is 88.1 Å². The molecule has 45 heavy (non-hydrogen) atoms. The Labute approximate surface area is 258 Å². The van der Waals surface area contributed by atoms with Crippen molar-refractivity contribution in [3.05, 3.63) is 158 Å². The van der Waals surface area contributed by atoms with E-state index < -0.39 is 0 Å². The van der Waals surface area contributed by atoms with Gasteiger partial charge in [-0.05, 0) is 77.9 Å². The van der Waals surface area contributed by atoms with Crippen LogP contribution in [0.2, 0.25) is 0 Å². The van der Waals surface area contributed by atoms with E-state index in [0.29, 0.717) is 0 Å². The van der Waals surface area contributed by atoms with Gasteiger partial charge in [0.1, 0.15) is 11.2 Å². The highest BCUT2D eigenvalue weighted by Gasteiger charge is 2.19. The van der Waals surface area contributed by atoms with E-state index in [-0.39, 0.29) is 0 Å². The van der Waals surface area contributed by atoms with Crippen molar-refractivity contribution >= 4 is 65.6 Å². The van der Waals surface area contributed by atoms with E-state index in [0.717, 1.165) is 44.2 Å². The number of aromatic nitrogens is 2. The summed E-state index contributed by atoms with van der Waals surface area (Å²) in [4.78, 5) is 0. The van der Waals surface area contributed by atoms with Crippen LogP contribution in [0, 0.1) is 0 Å². The maximum atomic E-state index is 6.68. The first-order valence-electron chi connectivity index (χ1n) is 15.4. The fraction of sp³-hybridized carbons (Fsp3) is 0. The lowest BCUT2D eigenvalue weighted by Crippen LogP contribution is -1.94. The lowest BCUT2D eigenvalue weighted by atomic mass is 10.0. The molecule has 0 amide bonds. The minimum Gasteiger partial charge on any atom is -0.455 e. The number of rotatable bonds is 3. The predicted octanol–water partition coefficient (Wildman–Crippen LogP) is 11.4. The van der Waals surface area contributed by atoms with E-state index in [1.807, 2.05) is 0 Å². The van der Waals surface area contributed by atoms with Crippen molar-refractivity contribution in [1.82, 2.24) is 9.13 Å². The van der Waals surface area contributed by atoms with Crippen molar-refractivity contribution in [2.45, 2.75) is 0 Å². The molecule has 3 heteroatoms. The van der Waals surface area contributed by atoms with Crippen LogP contribution in [0.1, 0.15) is 0 Å². The SMILES string of the molecule is c1ccc(-n2c3ccccc3c3c4oc5ccc(-c6cccc(-n7c8ccccc8c8ccccc87)c6)cc5c4ccc32)cc1. The predicted molar refractivity (Wildman–Crippen MR) is 188 cm³/mol. The Morgan fingerprint density at radius 1 is 0.356 bits per heavy atom. The molecule has 0 bridgehead atoms. The maximum Gasteiger partial charge on any atom is 0.145 e. The van der Waals surface area contributed by atoms with Gasteiger partial charge in [-0.25, -0.2) is 0 Å². The van der Waals surface area contributed by atoms with Crippen molar-refractivity contribution in [3.63, 3.8) is 0 Å². The van der Waals surface area contributed by atoms with Gasteiger partial charge in [0.05, 0.1) is 27.5 Å². The Bertz CT molecular complexity index is 2710. The van der Waals surface area contributed by atoms with Gasteiger partial charge in [-0.3, -0.25) is 0 Å². The zero-order valence-corrected chi connectivity index (χ0v) is 24.3. The van der Waals surface area contributed by atoms with Crippen LogP contribution >= 0.6 is 0 Å². The standard InChI is InChI=1S/C42H26N2O/c1-2-12-29(13-3-1)43-38-20-9-6-17-34(38)41-39(43)23-22-33-35-26-28(21-24-40(35)45-42(33)41)27-11-10-14-30(25-27)44-36-18-7-4-15-31(36)32-16-5-8-19-37(32)44/h1-26H. The summed E-state index contributed by atoms with van der Waals surface area (Å²) in [6, 6.07) is 56.4. The second-order valence-electron chi connectivity index (χ2n) is 11.8. The summed E-state index contributed by atoms with van der Waals surface area (Å²) < 4.78 is 11.4. The molecule has 0 unspecified atom stereocenters. The number of fused-ring (bicyclic) bond motifs is 10. The molecule has 0 radical (unpaired) electrons. The zero-order valence-electron chi connectivity index (χ0n) is 24.3. The van der Waals surface area contributed by atoms with Gasteiger partial charge < -0.3 is 13.6 Å². The first kappa shape index (κ1) is 24.4. The highest BCUT2D eigenvalue weighted by Crippen LogP contribution is 2.41. The van der Waals surface area contributed by atoms with E-state index in [4.69, 9.17) is 4.42 Å². The van der Waals surface area contributed by atoms with Crippen LogP contribution in [0.5, 0.6) is 0 Å². The third kappa shape index (κ3) is 3.46. The Morgan fingerprint density at radius 3 is 1.71 bits per heavy atom. The third-order valence-corrected chi connectivity index (χ3v) is 9.30. The van der Waals surface area contributed by atoms with E-state index in [1.165, 1.54) is 43.8 Å². The van der Waals surface area contributed by atoms with Gasteiger partial charge in [0.15, 0.2) is 0 Å². The number of nitrogens with zero attached hydrogens (tertiary/aromatic N) is 2. The monoisotopic (exact) mass is 574 g/mol. The van der Waals surface area contributed by atoms with Crippen LogP contribution in [0.3, 0.4) is 0 Å². The summed E-state index contributed by atoms with van der Waals surface area (Å²) in [6.45, 7) is 0. The Kier molecular flexibility index (Phi) is 5.00. The van der Waals surface area contributed by atoms with E-state index >= 15 is 0 Å². The average molecular weight is 575 g/mol. The number of furan rings is 1. The van der Waals surface area contributed by atoms with Crippen molar-refractivity contribution in [3.8, 4) is 22.5 Å². The average Bonchev–Trinajstić information content (AvgIpc) is 3.76. The normalized spacial score (nSPS) is 12.0. The molecule has 0 aliphatic heterocycles. The fourth-order valence-corrected chi connectivity index (χ4v) is 7.35. The molecule has 0 saturated carbocycles. The minimum atomic E-state index is 0.899. The quantitative estimate of drug-likeness (QED) is 0.206. The molecule has 0 atom stereocenters. The van der Waals surface area contributed by atoms with Crippen molar-refractivity contribution in [1.29, 1.82) is 0 Å². The summed E-state index contributed by atoms with van der Waals surface area (Å²) in [7, 11) is 0. The van der Waals surface area contributed by atoms with Gasteiger partial charge in [-0.1, -0.05) is 91.0 Å². The molecule has 0 spiro atoms. The molecular formula is C42H26N2O. The molecule has 3 heterocycles. The van der Waals surface area contributed by atoms with Crippen LogP contribution in [0.4, 0.5) is 0 Å². The van der Waals surface area contributed by atoms with Gasteiger partial charge in [-0.15, -0.1) is 0 Å². The van der Waals surface area contributed by atoms with Crippen LogP contribution in [0.15, 0.2) is 162 Å². The van der Waals surface area contributed by atoms with Crippen molar-refractivity contribution in [2.75, 3.05) is 0 Å². The van der Waals surface area contributed by atoms with Crippen molar-refractivity contribution < 1.29 is 4.42 Å². The van der Waals surface area contributed by atoms with Crippen molar-refractivity contribution in [2.24, 2.45) is 0 Å². The summed E-state index contributed by atoms with van der Waals surface area (Å²) in [5.74, 6) is 0. The number of para-hydroxylation sites is 4. The zero-order chi connectivity index (χ0) is 29.5.